The fourth-order valence-electron chi connectivity index (χ4n) is 2.24. The summed E-state index contributed by atoms with van der Waals surface area (Å²) in [6, 6.07) is 9.77. The minimum absolute atomic E-state index is 0.184. The van der Waals surface area contributed by atoms with Crippen LogP contribution in [0.4, 0.5) is 0 Å². The van der Waals surface area contributed by atoms with E-state index in [1.165, 1.54) is 0 Å². The number of hydrogen-bond donors (Lipinski definition) is 1. The Morgan fingerprint density at radius 3 is 2.53 bits per heavy atom. The van der Waals surface area contributed by atoms with E-state index in [0.29, 0.717) is 19.4 Å². The van der Waals surface area contributed by atoms with Crippen molar-refractivity contribution in [2.75, 3.05) is 0 Å². The van der Waals surface area contributed by atoms with Crippen molar-refractivity contribution in [3.63, 3.8) is 0 Å². The molecule has 0 aliphatic heterocycles. The third-order valence-corrected chi connectivity index (χ3v) is 3.20. The van der Waals surface area contributed by atoms with Gasteiger partial charge in [-0.1, -0.05) is 24.3 Å². The maximum absolute atomic E-state index is 12.1. The maximum Gasteiger partial charge on any atom is 0.143 e. The minimum atomic E-state index is 0.184. The first kappa shape index (κ1) is 13.5. The highest BCUT2D eigenvalue weighted by Gasteiger charge is 2.11. The Morgan fingerprint density at radius 1 is 1.26 bits per heavy atom. The predicted molar refractivity (Wildman–Crippen MR) is 74.7 cm³/mol. The fraction of sp³-hybridized carbons (Fsp3) is 0.333. The van der Waals surface area contributed by atoms with Gasteiger partial charge in [-0.2, -0.15) is 5.10 Å². The molecule has 2 N–H and O–H groups in total. The molecule has 2 aromatic rings. The third kappa shape index (κ3) is 3.29. The Morgan fingerprint density at radius 2 is 1.95 bits per heavy atom. The molecule has 0 spiro atoms. The first-order valence-corrected chi connectivity index (χ1v) is 6.38. The summed E-state index contributed by atoms with van der Waals surface area (Å²) in [5.41, 5.74) is 9.63. The summed E-state index contributed by atoms with van der Waals surface area (Å²) in [5, 5.41) is 4.25. The van der Waals surface area contributed by atoms with E-state index in [2.05, 4.69) is 5.10 Å². The fourth-order valence-corrected chi connectivity index (χ4v) is 2.24. The number of Topliss-reactive ketones (excluding diaryl/α,β-unsaturated/α-hetero) is 1. The standard InChI is InChI=1S/C15H19N3O/c1-11-7-14(18(2)17-11)9-15(19)8-12-5-3-4-6-13(12)10-16/h3-7H,8-10,16H2,1-2H3. The number of carbonyl (C=O) groups is 1. The summed E-state index contributed by atoms with van der Waals surface area (Å²) in [6.07, 6.45) is 0.841. The zero-order valence-electron chi connectivity index (χ0n) is 11.4. The summed E-state index contributed by atoms with van der Waals surface area (Å²) < 4.78 is 1.77. The molecule has 0 aliphatic carbocycles. The Labute approximate surface area is 113 Å². The average Bonchev–Trinajstić information content (AvgIpc) is 2.68. The topological polar surface area (TPSA) is 60.9 Å². The molecule has 1 heterocycles. The number of nitrogens with two attached hydrogens (primary N) is 1. The van der Waals surface area contributed by atoms with Crippen molar-refractivity contribution in [3.05, 3.63) is 52.8 Å². The number of ketones is 1. The lowest BCUT2D eigenvalue weighted by atomic mass is 10.0. The number of aryl methyl sites for hydroxylation is 2. The van der Waals surface area contributed by atoms with E-state index < -0.39 is 0 Å². The molecule has 0 unspecified atom stereocenters. The van der Waals surface area contributed by atoms with Crippen molar-refractivity contribution >= 4 is 5.78 Å². The van der Waals surface area contributed by atoms with Gasteiger partial charge < -0.3 is 5.73 Å². The quantitative estimate of drug-likeness (QED) is 0.884. The Kier molecular flexibility index (Phi) is 4.12. The lowest BCUT2D eigenvalue weighted by molar-refractivity contribution is -0.117. The van der Waals surface area contributed by atoms with Gasteiger partial charge in [0.15, 0.2) is 0 Å². The highest BCUT2D eigenvalue weighted by atomic mass is 16.1. The largest absolute Gasteiger partial charge is 0.326 e. The van der Waals surface area contributed by atoms with E-state index in [-0.39, 0.29) is 5.78 Å². The van der Waals surface area contributed by atoms with Crippen LogP contribution in [0.25, 0.3) is 0 Å². The van der Waals surface area contributed by atoms with Gasteiger partial charge in [0.1, 0.15) is 5.78 Å². The van der Waals surface area contributed by atoms with Crippen LogP contribution in [0.1, 0.15) is 22.5 Å². The van der Waals surface area contributed by atoms with Crippen molar-refractivity contribution in [1.82, 2.24) is 9.78 Å². The predicted octanol–water partition coefficient (Wildman–Crippen LogP) is 1.54. The van der Waals surface area contributed by atoms with E-state index in [0.717, 1.165) is 22.5 Å². The van der Waals surface area contributed by atoms with Crippen LogP contribution in [0.3, 0.4) is 0 Å². The van der Waals surface area contributed by atoms with Gasteiger partial charge in [0.25, 0.3) is 0 Å². The second-order valence-electron chi connectivity index (χ2n) is 4.77. The van der Waals surface area contributed by atoms with Crippen LogP contribution >= 0.6 is 0 Å². The Hall–Kier alpha value is -1.94. The van der Waals surface area contributed by atoms with Gasteiger partial charge in [0, 0.05) is 32.1 Å². The zero-order valence-corrected chi connectivity index (χ0v) is 11.4. The third-order valence-electron chi connectivity index (χ3n) is 3.20. The summed E-state index contributed by atoms with van der Waals surface area (Å²) in [7, 11) is 1.86. The second kappa shape index (κ2) is 5.80. The molecule has 0 atom stereocenters. The molecular weight excluding hydrogens is 238 g/mol. The number of nitrogens with zero attached hydrogens (tertiary/aromatic N) is 2. The van der Waals surface area contributed by atoms with Crippen LogP contribution in [-0.2, 0) is 31.2 Å². The molecule has 0 saturated carbocycles. The first-order chi connectivity index (χ1) is 9.10. The first-order valence-electron chi connectivity index (χ1n) is 6.38. The van der Waals surface area contributed by atoms with Gasteiger partial charge in [-0.25, -0.2) is 0 Å². The summed E-state index contributed by atoms with van der Waals surface area (Å²) in [6.45, 7) is 2.39. The average molecular weight is 257 g/mol. The van der Waals surface area contributed by atoms with Crippen LogP contribution in [0.5, 0.6) is 0 Å². The van der Waals surface area contributed by atoms with Gasteiger partial charge in [-0.15, -0.1) is 0 Å². The van der Waals surface area contributed by atoms with Crippen molar-refractivity contribution in [1.29, 1.82) is 0 Å². The summed E-state index contributed by atoms with van der Waals surface area (Å²) in [4.78, 5) is 12.1. The lowest BCUT2D eigenvalue weighted by Gasteiger charge is -2.07. The van der Waals surface area contributed by atoms with Gasteiger partial charge in [0.2, 0.25) is 0 Å². The lowest BCUT2D eigenvalue weighted by Crippen LogP contribution is -2.12. The van der Waals surface area contributed by atoms with E-state index in [1.807, 2.05) is 44.3 Å². The van der Waals surface area contributed by atoms with Crippen molar-refractivity contribution < 1.29 is 4.79 Å². The smallest absolute Gasteiger partial charge is 0.143 e. The molecule has 0 saturated heterocycles. The highest BCUT2D eigenvalue weighted by molar-refractivity contribution is 5.83. The minimum Gasteiger partial charge on any atom is -0.326 e. The summed E-state index contributed by atoms with van der Waals surface area (Å²) >= 11 is 0. The van der Waals surface area contributed by atoms with Crippen molar-refractivity contribution in [2.45, 2.75) is 26.3 Å². The highest BCUT2D eigenvalue weighted by Crippen LogP contribution is 2.11. The number of benzene rings is 1. The molecule has 0 bridgehead atoms. The molecule has 4 heteroatoms. The van der Waals surface area contributed by atoms with E-state index >= 15 is 0 Å². The molecule has 2 rings (SSSR count). The number of carbonyl (C=O) groups excluding carboxylic acids is 1. The van der Waals surface area contributed by atoms with E-state index in [1.54, 1.807) is 4.68 Å². The molecule has 1 aromatic heterocycles. The molecular formula is C15H19N3O. The number of rotatable bonds is 5. The van der Waals surface area contributed by atoms with Crippen LogP contribution in [0.15, 0.2) is 30.3 Å². The van der Waals surface area contributed by atoms with Gasteiger partial charge in [0.05, 0.1) is 5.69 Å². The van der Waals surface area contributed by atoms with Crippen LogP contribution in [0.2, 0.25) is 0 Å². The number of hydrogen-bond acceptors (Lipinski definition) is 3. The Bertz CT molecular complexity index is 587. The summed E-state index contributed by atoms with van der Waals surface area (Å²) in [5.74, 6) is 0.184. The molecule has 0 fully saturated rings. The second-order valence-corrected chi connectivity index (χ2v) is 4.77. The van der Waals surface area contributed by atoms with Gasteiger partial charge >= 0.3 is 0 Å². The van der Waals surface area contributed by atoms with Gasteiger partial charge in [-0.3, -0.25) is 9.48 Å². The molecule has 0 aliphatic rings. The van der Waals surface area contributed by atoms with Gasteiger partial charge in [-0.05, 0) is 24.1 Å². The molecule has 4 nitrogen and oxygen atoms in total. The van der Waals surface area contributed by atoms with Crippen LogP contribution in [0, 0.1) is 6.92 Å². The molecule has 0 amide bonds. The van der Waals surface area contributed by atoms with Crippen LogP contribution in [-0.4, -0.2) is 15.6 Å². The van der Waals surface area contributed by atoms with Crippen LogP contribution < -0.4 is 5.73 Å². The molecule has 100 valence electrons. The monoisotopic (exact) mass is 257 g/mol. The van der Waals surface area contributed by atoms with Crippen molar-refractivity contribution in [2.24, 2.45) is 12.8 Å². The normalized spacial score (nSPS) is 10.7. The van der Waals surface area contributed by atoms with Crippen molar-refractivity contribution in [3.8, 4) is 0 Å². The maximum atomic E-state index is 12.1. The molecule has 0 radical (unpaired) electrons. The molecule has 19 heavy (non-hydrogen) atoms. The Balaban J connectivity index is 2.07. The van der Waals surface area contributed by atoms with E-state index in [9.17, 15) is 4.79 Å². The SMILES string of the molecule is Cc1cc(CC(=O)Cc2ccccc2CN)n(C)n1. The molecule has 1 aromatic carbocycles. The number of aromatic nitrogens is 2. The zero-order chi connectivity index (χ0) is 13.8. The van der Waals surface area contributed by atoms with E-state index in [4.69, 9.17) is 5.73 Å².